The van der Waals surface area contributed by atoms with Crippen molar-refractivity contribution in [2.24, 2.45) is 5.92 Å². The van der Waals surface area contributed by atoms with Crippen molar-refractivity contribution in [3.63, 3.8) is 0 Å². The zero-order valence-electron chi connectivity index (χ0n) is 10.2. The number of aliphatic carboxylic acids is 1. The summed E-state index contributed by atoms with van der Waals surface area (Å²) in [5.41, 5.74) is -0.618. The molecule has 16 heavy (non-hydrogen) atoms. The van der Waals surface area contributed by atoms with Gasteiger partial charge < -0.3 is 5.11 Å². The van der Waals surface area contributed by atoms with Crippen LogP contribution in [0.15, 0.2) is 0 Å². The molecule has 0 spiro atoms. The van der Waals surface area contributed by atoms with Gasteiger partial charge in [-0.15, -0.1) is 0 Å². The fraction of sp³-hybridized carbons (Fsp3) is 0.923. The Hall–Kier alpha value is -0.570. The Balaban J connectivity index is 2.04. The molecule has 2 N–H and O–H groups in total. The van der Waals surface area contributed by atoms with Crippen molar-refractivity contribution in [1.82, 2.24) is 5.32 Å². The van der Waals surface area contributed by atoms with Gasteiger partial charge in [0.25, 0.3) is 0 Å². The second kappa shape index (κ2) is 4.74. The molecule has 2 aliphatic rings. The van der Waals surface area contributed by atoms with Crippen molar-refractivity contribution in [2.75, 3.05) is 0 Å². The number of hydrogen-bond acceptors (Lipinski definition) is 2. The summed E-state index contributed by atoms with van der Waals surface area (Å²) in [5, 5.41) is 13.0. The van der Waals surface area contributed by atoms with Crippen LogP contribution in [0, 0.1) is 5.92 Å². The summed E-state index contributed by atoms with van der Waals surface area (Å²) in [6, 6.07) is 0.446. The Kier molecular flexibility index (Phi) is 3.53. The Bertz CT molecular complexity index is 261. The van der Waals surface area contributed by atoms with Gasteiger partial charge in [-0.2, -0.15) is 0 Å². The fourth-order valence-electron chi connectivity index (χ4n) is 3.40. The maximum atomic E-state index is 11.5. The average molecular weight is 225 g/mol. The molecule has 0 aromatic rings. The molecule has 0 saturated heterocycles. The molecule has 3 heteroatoms. The van der Waals surface area contributed by atoms with Crippen LogP contribution in [0.1, 0.15) is 58.3 Å². The van der Waals surface area contributed by atoms with Crippen LogP contribution >= 0.6 is 0 Å². The third kappa shape index (κ3) is 2.40. The summed E-state index contributed by atoms with van der Waals surface area (Å²) in [7, 11) is 0. The minimum Gasteiger partial charge on any atom is -0.480 e. The summed E-state index contributed by atoms with van der Waals surface area (Å²) < 4.78 is 0. The second-order valence-electron chi connectivity index (χ2n) is 5.71. The van der Waals surface area contributed by atoms with E-state index in [-0.39, 0.29) is 0 Å². The molecule has 0 radical (unpaired) electrons. The number of nitrogens with one attached hydrogen (secondary N) is 1. The molecule has 0 aromatic carbocycles. The fourth-order valence-corrected chi connectivity index (χ4v) is 3.40. The highest BCUT2D eigenvalue weighted by molar-refractivity contribution is 5.79. The van der Waals surface area contributed by atoms with E-state index in [0.717, 1.165) is 32.1 Å². The van der Waals surface area contributed by atoms with E-state index in [2.05, 4.69) is 12.2 Å². The summed E-state index contributed by atoms with van der Waals surface area (Å²) in [4.78, 5) is 11.5. The van der Waals surface area contributed by atoms with Crippen LogP contribution < -0.4 is 5.32 Å². The lowest BCUT2D eigenvalue weighted by atomic mass is 9.76. The number of carboxylic acid groups (broad SMARTS) is 1. The number of carbonyl (C=O) groups is 1. The van der Waals surface area contributed by atoms with Crippen LogP contribution in [0.5, 0.6) is 0 Å². The first-order valence-electron chi connectivity index (χ1n) is 6.63. The summed E-state index contributed by atoms with van der Waals surface area (Å²) in [6.07, 6.45) is 8.66. The first-order chi connectivity index (χ1) is 7.62. The minimum absolute atomic E-state index is 0.446. The first kappa shape index (κ1) is 11.9. The van der Waals surface area contributed by atoms with E-state index in [4.69, 9.17) is 0 Å². The average Bonchev–Trinajstić information content (AvgIpc) is 2.70. The van der Waals surface area contributed by atoms with Crippen molar-refractivity contribution < 1.29 is 9.90 Å². The van der Waals surface area contributed by atoms with Crippen molar-refractivity contribution in [2.45, 2.75) is 69.9 Å². The van der Waals surface area contributed by atoms with Gasteiger partial charge in [-0.05, 0) is 31.6 Å². The zero-order valence-corrected chi connectivity index (χ0v) is 10.2. The molecule has 2 rings (SSSR count). The summed E-state index contributed by atoms with van der Waals surface area (Å²) >= 11 is 0. The molecular formula is C13H23NO2. The minimum atomic E-state index is -0.633. The molecule has 2 unspecified atom stereocenters. The molecule has 0 aliphatic heterocycles. The van der Waals surface area contributed by atoms with E-state index in [1.807, 2.05) is 0 Å². The van der Waals surface area contributed by atoms with Crippen LogP contribution in [0.25, 0.3) is 0 Å². The largest absolute Gasteiger partial charge is 0.480 e. The van der Waals surface area contributed by atoms with Crippen LogP contribution in [0.3, 0.4) is 0 Å². The highest BCUT2D eigenvalue weighted by atomic mass is 16.4. The van der Waals surface area contributed by atoms with Crippen LogP contribution in [-0.2, 0) is 4.79 Å². The van der Waals surface area contributed by atoms with E-state index in [0.29, 0.717) is 12.0 Å². The third-order valence-corrected chi connectivity index (χ3v) is 4.24. The van der Waals surface area contributed by atoms with Crippen LogP contribution in [0.4, 0.5) is 0 Å². The highest BCUT2D eigenvalue weighted by Gasteiger charge is 2.43. The molecule has 92 valence electrons. The molecule has 0 bridgehead atoms. The van der Waals surface area contributed by atoms with Crippen LogP contribution in [0.2, 0.25) is 0 Å². The lowest BCUT2D eigenvalue weighted by molar-refractivity contribution is -0.147. The summed E-state index contributed by atoms with van der Waals surface area (Å²) in [6.45, 7) is 2.17. The molecule has 2 aliphatic carbocycles. The van der Waals surface area contributed by atoms with Gasteiger partial charge in [-0.3, -0.25) is 10.1 Å². The summed E-state index contributed by atoms with van der Waals surface area (Å²) in [5.74, 6) is -0.0929. The van der Waals surface area contributed by atoms with Crippen molar-refractivity contribution in [3.8, 4) is 0 Å². The van der Waals surface area contributed by atoms with E-state index < -0.39 is 11.5 Å². The SMILES string of the molecule is CC1CCCC(NC2CCCC2)(C(=O)O)C1. The van der Waals surface area contributed by atoms with Gasteiger partial charge in [-0.25, -0.2) is 0 Å². The normalized spacial score (nSPS) is 36.4. The smallest absolute Gasteiger partial charge is 0.323 e. The standard InChI is InChI=1S/C13H23NO2/c1-10-5-4-8-13(9-10,12(15)16)14-11-6-2-3-7-11/h10-11,14H,2-9H2,1H3,(H,15,16). The number of carboxylic acids is 1. The van der Waals surface area contributed by atoms with Gasteiger partial charge in [-0.1, -0.05) is 32.6 Å². The van der Waals surface area contributed by atoms with Gasteiger partial charge in [0, 0.05) is 6.04 Å². The predicted molar refractivity (Wildman–Crippen MR) is 63.4 cm³/mol. The molecule has 2 saturated carbocycles. The van der Waals surface area contributed by atoms with Gasteiger partial charge >= 0.3 is 5.97 Å². The lowest BCUT2D eigenvalue weighted by Crippen LogP contribution is -2.57. The first-order valence-corrected chi connectivity index (χ1v) is 6.63. The Labute approximate surface area is 97.6 Å². The van der Waals surface area contributed by atoms with E-state index in [1.54, 1.807) is 0 Å². The van der Waals surface area contributed by atoms with E-state index >= 15 is 0 Å². The molecule has 2 fully saturated rings. The van der Waals surface area contributed by atoms with Crippen molar-refractivity contribution in [1.29, 1.82) is 0 Å². The zero-order chi connectivity index (χ0) is 11.6. The topological polar surface area (TPSA) is 49.3 Å². The highest BCUT2D eigenvalue weighted by Crippen LogP contribution is 2.34. The van der Waals surface area contributed by atoms with Crippen molar-refractivity contribution >= 4 is 5.97 Å². The Morgan fingerprint density at radius 2 is 1.94 bits per heavy atom. The van der Waals surface area contributed by atoms with Gasteiger partial charge in [0.2, 0.25) is 0 Å². The molecule has 0 aromatic heterocycles. The van der Waals surface area contributed by atoms with Gasteiger partial charge in [0.05, 0.1) is 0 Å². The maximum absolute atomic E-state index is 11.5. The maximum Gasteiger partial charge on any atom is 0.323 e. The lowest BCUT2D eigenvalue weighted by Gasteiger charge is -2.39. The van der Waals surface area contributed by atoms with Crippen molar-refractivity contribution in [3.05, 3.63) is 0 Å². The number of rotatable bonds is 3. The third-order valence-electron chi connectivity index (χ3n) is 4.24. The second-order valence-corrected chi connectivity index (χ2v) is 5.71. The Morgan fingerprint density at radius 3 is 2.50 bits per heavy atom. The van der Waals surface area contributed by atoms with E-state index in [1.165, 1.54) is 19.3 Å². The molecule has 2 atom stereocenters. The van der Waals surface area contributed by atoms with Gasteiger partial charge in [0.15, 0.2) is 0 Å². The molecule has 0 heterocycles. The molecular weight excluding hydrogens is 202 g/mol. The Morgan fingerprint density at radius 1 is 1.25 bits per heavy atom. The quantitative estimate of drug-likeness (QED) is 0.776. The van der Waals surface area contributed by atoms with Gasteiger partial charge in [0.1, 0.15) is 5.54 Å². The molecule has 0 amide bonds. The monoisotopic (exact) mass is 225 g/mol. The van der Waals surface area contributed by atoms with Crippen LogP contribution in [-0.4, -0.2) is 22.7 Å². The predicted octanol–water partition coefficient (Wildman–Crippen LogP) is 2.55. The van der Waals surface area contributed by atoms with E-state index in [9.17, 15) is 9.90 Å². The number of hydrogen-bond donors (Lipinski definition) is 2. The molecule has 3 nitrogen and oxygen atoms in total.